The molecule has 0 aromatic heterocycles. The molecule has 2 aromatic rings. The van der Waals surface area contributed by atoms with Gasteiger partial charge in [0.15, 0.2) is 0 Å². The quantitative estimate of drug-likeness (QED) is 0.222. The van der Waals surface area contributed by atoms with E-state index in [0.29, 0.717) is 10.5 Å². The third-order valence-electron chi connectivity index (χ3n) is 7.72. The molecular formula is C28H33INO3PS2. The van der Waals surface area contributed by atoms with Gasteiger partial charge in [-0.3, -0.25) is 4.90 Å². The molecule has 0 radical (unpaired) electrons. The molecule has 0 amide bonds. The Morgan fingerprint density at radius 3 is 2.58 bits per heavy atom. The van der Waals surface area contributed by atoms with Gasteiger partial charge >= 0.3 is 0 Å². The first-order valence-electron chi connectivity index (χ1n) is 13.0. The normalized spacial score (nSPS) is 23.5. The van der Waals surface area contributed by atoms with E-state index in [9.17, 15) is 0 Å². The summed E-state index contributed by atoms with van der Waals surface area (Å²) in [7, 11) is 0. The van der Waals surface area contributed by atoms with E-state index >= 15 is 0 Å². The first-order chi connectivity index (χ1) is 17.7. The van der Waals surface area contributed by atoms with Crippen molar-refractivity contribution in [2.24, 2.45) is 0 Å². The topological polar surface area (TPSA) is 30.9 Å². The van der Waals surface area contributed by atoms with Gasteiger partial charge in [-0.15, -0.1) is 23.5 Å². The van der Waals surface area contributed by atoms with Crippen LogP contribution in [-0.4, -0.2) is 46.7 Å². The zero-order chi connectivity index (χ0) is 24.4. The van der Waals surface area contributed by atoms with Crippen LogP contribution in [-0.2, 0) is 0 Å². The van der Waals surface area contributed by atoms with Crippen LogP contribution < -0.4 is 14.0 Å². The largest absolute Gasteiger partial charge is 0.492 e. The summed E-state index contributed by atoms with van der Waals surface area (Å²) in [5, 5.41) is 0. The molecular weight excluding hydrogens is 620 g/mol. The monoisotopic (exact) mass is 653 g/mol. The van der Waals surface area contributed by atoms with Crippen molar-refractivity contribution < 1.29 is 14.0 Å². The van der Waals surface area contributed by atoms with E-state index in [1.165, 1.54) is 72.6 Å². The Morgan fingerprint density at radius 1 is 1.03 bits per heavy atom. The highest BCUT2D eigenvalue weighted by molar-refractivity contribution is 14.2. The Labute approximate surface area is 238 Å². The number of thioether (sulfide) groups is 2. The number of likely N-dealkylation sites (tertiary alicyclic amines) is 1. The summed E-state index contributed by atoms with van der Waals surface area (Å²) in [4.78, 5) is 2.52. The molecule has 6 rings (SSSR count). The maximum Gasteiger partial charge on any atom is 0.146 e. The van der Waals surface area contributed by atoms with E-state index in [1.807, 2.05) is 0 Å². The average Bonchev–Trinajstić information content (AvgIpc) is 3.37. The molecule has 192 valence electrons. The number of allylic oxidation sites excluding steroid dienone is 1. The Morgan fingerprint density at radius 2 is 1.81 bits per heavy atom. The highest BCUT2D eigenvalue weighted by atomic mass is 127. The molecule has 1 unspecified atom stereocenters. The summed E-state index contributed by atoms with van der Waals surface area (Å²) < 4.78 is 19.0. The van der Waals surface area contributed by atoms with Gasteiger partial charge in [-0.05, 0) is 108 Å². The lowest BCUT2D eigenvalue weighted by Gasteiger charge is -2.41. The molecule has 8 heteroatoms. The lowest BCUT2D eigenvalue weighted by molar-refractivity contribution is 0.183. The number of hydrogen-bond acceptors (Lipinski definition) is 6. The molecule has 1 aliphatic carbocycles. The number of hydrogen-bond donors (Lipinski definition) is 0. The van der Waals surface area contributed by atoms with Crippen molar-refractivity contribution in [3.63, 3.8) is 0 Å². The van der Waals surface area contributed by atoms with Gasteiger partial charge in [-0.25, -0.2) is 0 Å². The third kappa shape index (κ3) is 5.56. The average molecular weight is 654 g/mol. The van der Waals surface area contributed by atoms with E-state index in [4.69, 9.17) is 14.0 Å². The molecule has 0 N–H and O–H groups in total. The maximum absolute atomic E-state index is 6.77. The first-order valence-corrected chi connectivity index (χ1v) is 19.0. The van der Waals surface area contributed by atoms with E-state index in [0.717, 1.165) is 43.2 Å². The molecule has 2 saturated heterocycles. The standard InChI is InChI=1S/C28H33INO3PS2/c29-34-33-22-8-9-24-23-10-11-28(35-16-17-36-28)19-25(23)27(32-26(24)18-22)20-4-6-21(7-5-20)31-15-14-30-12-2-1-3-13-30/h4-9,18,27,34H,1-3,10-17,19H2/t27-/m0/s1. The van der Waals surface area contributed by atoms with Crippen LogP contribution in [0, 0.1) is 0 Å². The van der Waals surface area contributed by atoms with Crippen molar-refractivity contribution in [2.75, 3.05) is 37.7 Å². The summed E-state index contributed by atoms with van der Waals surface area (Å²) in [6, 6.07) is 15.0. The molecule has 36 heavy (non-hydrogen) atoms. The number of ether oxygens (including phenoxy) is 2. The van der Waals surface area contributed by atoms with Crippen LogP contribution in [0.1, 0.15) is 55.8 Å². The molecule has 0 saturated carbocycles. The van der Waals surface area contributed by atoms with Crippen molar-refractivity contribution >= 4 is 57.6 Å². The molecule has 4 nitrogen and oxygen atoms in total. The second-order valence-corrected chi connectivity index (χ2v) is 14.8. The van der Waals surface area contributed by atoms with Gasteiger partial charge in [0.1, 0.15) is 36.4 Å². The Bertz CT molecular complexity index is 1100. The number of nitrogens with zero attached hydrogens (tertiary/aromatic N) is 1. The Hall–Kier alpha value is -0.600. The van der Waals surface area contributed by atoms with Crippen molar-refractivity contribution in [3.05, 3.63) is 59.2 Å². The molecule has 0 bridgehead atoms. The van der Waals surface area contributed by atoms with E-state index in [2.05, 4.69) is 92.9 Å². The number of halogens is 1. The predicted octanol–water partition coefficient (Wildman–Crippen LogP) is 8.12. The van der Waals surface area contributed by atoms with Gasteiger partial charge in [0, 0.05) is 29.7 Å². The summed E-state index contributed by atoms with van der Waals surface area (Å²) in [6.45, 7) is 4.58. The minimum atomic E-state index is -0.0498. The summed E-state index contributed by atoms with van der Waals surface area (Å²) >= 11 is 6.59. The first kappa shape index (κ1) is 25.7. The summed E-state index contributed by atoms with van der Waals surface area (Å²) in [6.07, 6.45) is 7.42. The molecule has 3 aliphatic heterocycles. The number of fused-ring (bicyclic) bond motifs is 2. The smallest absolute Gasteiger partial charge is 0.146 e. The SMILES string of the molecule is IPOc1ccc2c(c1)O[C@@H](c1ccc(OCCN3CCCCC3)cc1)C1=C2CCC2(C1)SCCS2. The van der Waals surface area contributed by atoms with Crippen molar-refractivity contribution in [1.29, 1.82) is 0 Å². The molecule has 2 atom stereocenters. The second kappa shape index (κ2) is 11.6. The van der Waals surface area contributed by atoms with Crippen LogP contribution >= 0.6 is 52.0 Å². The number of rotatable bonds is 7. The predicted molar refractivity (Wildman–Crippen MR) is 163 cm³/mol. The van der Waals surface area contributed by atoms with Crippen LogP contribution in [0.25, 0.3) is 5.57 Å². The van der Waals surface area contributed by atoms with E-state index in [-0.39, 0.29) is 6.10 Å². The molecule has 4 aliphatic rings. The fourth-order valence-corrected chi connectivity index (χ4v) is 10.1. The summed E-state index contributed by atoms with van der Waals surface area (Å²) in [5.74, 6) is 5.31. The Balaban J connectivity index is 1.23. The minimum Gasteiger partial charge on any atom is -0.492 e. The maximum atomic E-state index is 6.77. The fraction of sp³-hybridized carbons (Fsp3) is 0.500. The van der Waals surface area contributed by atoms with Gasteiger partial charge in [-0.2, -0.15) is 0 Å². The zero-order valence-corrected chi connectivity index (χ0v) is 25.3. The van der Waals surface area contributed by atoms with Gasteiger partial charge in [0.2, 0.25) is 0 Å². The molecule has 2 fully saturated rings. The van der Waals surface area contributed by atoms with Gasteiger partial charge < -0.3 is 14.0 Å². The van der Waals surface area contributed by atoms with Crippen LogP contribution in [0.2, 0.25) is 0 Å². The fourth-order valence-electron chi connectivity index (χ4n) is 5.90. The number of benzene rings is 2. The van der Waals surface area contributed by atoms with Crippen molar-refractivity contribution in [2.45, 2.75) is 48.7 Å². The van der Waals surface area contributed by atoms with Gasteiger partial charge in [0.05, 0.1) is 4.08 Å². The molecule has 2 aromatic carbocycles. The lowest BCUT2D eigenvalue weighted by Crippen LogP contribution is -2.33. The van der Waals surface area contributed by atoms with Gasteiger partial charge in [-0.1, -0.05) is 18.6 Å². The van der Waals surface area contributed by atoms with E-state index < -0.39 is 0 Å². The van der Waals surface area contributed by atoms with Crippen LogP contribution in [0.15, 0.2) is 48.0 Å². The van der Waals surface area contributed by atoms with Crippen LogP contribution in [0.4, 0.5) is 0 Å². The highest BCUT2D eigenvalue weighted by Crippen LogP contribution is 2.59. The second-order valence-electron chi connectivity index (χ2n) is 9.94. The van der Waals surface area contributed by atoms with E-state index in [1.54, 1.807) is 0 Å². The molecule has 3 heterocycles. The third-order valence-corrected chi connectivity index (χ3v) is 12.2. The van der Waals surface area contributed by atoms with Crippen molar-refractivity contribution in [3.8, 4) is 17.2 Å². The lowest BCUT2D eigenvalue weighted by atomic mass is 9.80. The molecule has 1 spiro atoms. The summed E-state index contributed by atoms with van der Waals surface area (Å²) in [5.41, 5.74) is 5.43. The highest BCUT2D eigenvalue weighted by Gasteiger charge is 2.44. The zero-order valence-electron chi connectivity index (χ0n) is 20.5. The van der Waals surface area contributed by atoms with Crippen molar-refractivity contribution in [1.82, 2.24) is 4.90 Å². The Kier molecular flexibility index (Phi) is 8.30. The number of piperidine rings is 1. The van der Waals surface area contributed by atoms with Crippen LogP contribution in [0.3, 0.4) is 0 Å². The van der Waals surface area contributed by atoms with Crippen LogP contribution in [0.5, 0.6) is 17.2 Å². The van der Waals surface area contributed by atoms with Gasteiger partial charge in [0.25, 0.3) is 0 Å². The minimum absolute atomic E-state index is 0.0498.